The summed E-state index contributed by atoms with van der Waals surface area (Å²) in [5.41, 5.74) is 12.1. The quantitative estimate of drug-likeness (QED) is 0.123. The molecular weight excluding hydrogens is 985 g/mol. The molecule has 6 aromatic carbocycles. The molecule has 0 N–H and O–H groups in total. The van der Waals surface area contributed by atoms with E-state index in [9.17, 15) is 0 Å². The summed E-state index contributed by atoms with van der Waals surface area (Å²) < 4.78 is 10.3. The third-order valence-corrected chi connectivity index (χ3v) is 15.6. The first-order valence-corrected chi connectivity index (χ1v) is 28.1. The Morgan fingerprint density at radius 2 is 1.43 bits per heavy atom. The molecule has 0 saturated carbocycles. The van der Waals surface area contributed by atoms with E-state index < -0.39 is 13.3 Å². The Morgan fingerprint density at radius 1 is 0.689 bits per heavy atom. The van der Waals surface area contributed by atoms with E-state index in [1.54, 1.807) is 0 Å². The molecule has 0 spiro atoms. The number of benzene rings is 6. The van der Waals surface area contributed by atoms with Crippen LogP contribution in [0.5, 0.6) is 0 Å². The van der Waals surface area contributed by atoms with Crippen molar-refractivity contribution in [2.45, 2.75) is 56.8 Å². The molecule has 4 heterocycles. The Morgan fingerprint density at radius 3 is 2.15 bits per heavy atom. The molecule has 1 radical (unpaired) electrons. The van der Waals surface area contributed by atoms with Crippen LogP contribution in [0.2, 0.25) is 17.3 Å². The Kier molecular flexibility index (Phi) is 11.7. The van der Waals surface area contributed by atoms with Crippen LogP contribution in [0.3, 0.4) is 0 Å². The van der Waals surface area contributed by atoms with Gasteiger partial charge in [-0.1, -0.05) is 105 Å². The maximum atomic E-state index is 6.53. The summed E-state index contributed by atoms with van der Waals surface area (Å²) in [6.07, 6.45) is 3.19. The molecule has 4 aromatic heterocycles. The second-order valence-electron chi connectivity index (χ2n) is 17.4. The Labute approximate surface area is 374 Å². The van der Waals surface area contributed by atoms with Crippen molar-refractivity contribution in [3.05, 3.63) is 175 Å². The zero-order valence-corrected chi connectivity index (χ0v) is 40.2. The van der Waals surface area contributed by atoms with Crippen LogP contribution in [0.1, 0.15) is 39.0 Å². The zero-order valence-electron chi connectivity index (χ0n) is 35.7. The van der Waals surface area contributed by atoms with E-state index in [1.807, 2.05) is 30.3 Å². The van der Waals surface area contributed by atoms with Crippen molar-refractivity contribution >= 4 is 61.5 Å². The summed E-state index contributed by atoms with van der Waals surface area (Å²) in [6.45, 7) is 8.72. The molecule has 0 aliphatic rings. The van der Waals surface area contributed by atoms with E-state index in [-0.39, 0.29) is 25.5 Å². The fraction of sp³-hybridized carbons (Fsp3) is 0.167. The Balaban J connectivity index is 0.000000228. The maximum Gasteiger partial charge on any atom is 0 e. The number of pyridine rings is 2. The van der Waals surface area contributed by atoms with Crippen LogP contribution < -0.4 is 4.40 Å². The summed E-state index contributed by atoms with van der Waals surface area (Å²) in [5, 5.41) is 4.32. The first-order chi connectivity index (χ1) is 29.0. The number of nitrogens with zero attached hydrogens (tertiary/aromatic N) is 4. The molecule has 0 bridgehead atoms. The van der Waals surface area contributed by atoms with Crippen molar-refractivity contribution < 1.29 is 24.5 Å². The van der Waals surface area contributed by atoms with Crippen molar-refractivity contribution in [2.24, 2.45) is 0 Å². The van der Waals surface area contributed by atoms with Gasteiger partial charge in [0.15, 0.2) is 0 Å². The topological polar surface area (TPSA) is 56.7 Å². The largest absolute Gasteiger partial charge is 0 e. The van der Waals surface area contributed by atoms with Crippen LogP contribution in [0.15, 0.2) is 156 Å². The Bertz CT molecular complexity index is 3140. The van der Waals surface area contributed by atoms with Gasteiger partial charge in [-0.05, 0) is 46.8 Å². The number of imidazole rings is 1. The van der Waals surface area contributed by atoms with Crippen molar-refractivity contribution in [3.63, 3.8) is 0 Å². The molecular formula is C54H48GeIrN4O-2. The average Bonchev–Trinajstić information content (AvgIpc) is 3.85. The summed E-state index contributed by atoms with van der Waals surface area (Å²) in [6, 6.07) is 57.1. The standard InChI is InChI=1S/C38H28N3O.C16H20GeN.Ir/c1-38(2,3)33-23-21-30-29-14-9-15-31(35(29)42-37(30)40-33)36-39-32-22-18-26-12-7-8-13-28(26)34(32)41(36)27-19-16-25(17-20-27)24-10-5-4-6-11-24;1-5-13-11-16(14-9-7-6-8-10-14)18-12-15(13)17(2,3)4;/h4-14,16-23H,1-3H3;6-9,11-12H,5H2,1-4H3;/q2*-1;. The van der Waals surface area contributed by atoms with Gasteiger partial charge in [0.1, 0.15) is 0 Å². The fourth-order valence-corrected chi connectivity index (χ4v) is 11.6. The Hall–Kier alpha value is -5.66. The van der Waals surface area contributed by atoms with Gasteiger partial charge in [0.2, 0.25) is 5.71 Å². The molecule has 0 unspecified atom stereocenters. The monoisotopic (exact) mass is 1040 g/mol. The molecule has 305 valence electrons. The molecule has 10 aromatic rings. The number of rotatable bonds is 6. The van der Waals surface area contributed by atoms with Gasteiger partial charge in [-0.25, -0.2) is 4.98 Å². The molecule has 10 rings (SSSR count). The third kappa shape index (κ3) is 8.25. The summed E-state index contributed by atoms with van der Waals surface area (Å²) in [4.78, 5) is 14.8. The second kappa shape index (κ2) is 17.0. The number of furan rings is 1. The number of hydrogen-bond acceptors (Lipinski definition) is 4. The maximum absolute atomic E-state index is 6.53. The van der Waals surface area contributed by atoms with E-state index >= 15 is 0 Å². The summed E-state index contributed by atoms with van der Waals surface area (Å²) in [7, 11) is 0. The van der Waals surface area contributed by atoms with Crippen LogP contribution in [0.4, 0.5) is 0 Å². The molecule has 0 aliphatic heterocycles. The van der Waals surface area contributed by atoms with Gasteiger partial charge in [-0.15, -0.1) is 18.2 Å². The molecule has 7 heteroatoms. The van der Waals surface area contributed by atoms with Crippen molar-refractivity contribution in [1.82, 2.24) is 19.5 Å². The molecule has 0 fully saturated rings. The average molecular weight is 1030 g/mol. The van der Waals surface area contributed by atoms with Crippen LogP contribution in [-0.4, -0.2) is 32.8 Å². The predicted octanol–water partition coefficient (Wildman–Crippen LogP) is 13.6. The fourth-order valence-electron chi connectivity index (χ4n) is 8.06. The van der Waals surface area contributed by atoms with E-state index in [2.05, 4.69) is 188 Å². The molecule has 0 saturated heterocycles. The van der Waals surface area contributed by atoms with Crippen molar-refractivity contribution in [2.75, 3.05) is 0 Å². The van der Waals surface area contributed by atoms with Gasteiger partial charge in [-0.2, -0.15) is 0 Å². The number of fused-ring (bicyclic) bond motifs is 6. The van der Waals surface area contributed by atoms with E-state index in [0.717, 1.165) is 73.2 Å². The zero-order chi connectivity index (χ0) is 41.6. The van der Waals surface area contributed by atoms with Gasteiger partial charge in [0, 0.05) is 47.7 Å². The molecule has 0 atom stereocenters. The summed E-state index contributed by atoms with van der Waals surface area (Å²) >= 11 is -1.80. The van der Waals surface area contributed by atoms with Crippen LogP contribution in [0.25, 0.3) is 83.3 Å². The van der Waals surface area contributed by atoms with E-state index in [4.69, 9.17) is 14.4 Å². The molecule has 0 amide bonds. The first-order valence-electron chi connectivity index (χ1n) is 20.8. The van der Waals surface area contributed by atoms with Crippen LogP contribution in [-0.2, 0) is 31.9 Å². The second-order valence-corrected chi connectivity index (χ2v) is 28.0. The van der Waals surface area contributed by atoms with Gasteiger partial charge in [0.05, 0.1) is 22.4 Å². The van der Waals surface area contributed by atoms with Crippen LogP contribution >= 0.6 is 0 Å². The minimum Gasteiger partial charge on any atom is 0 e. The third-order valence-electron chi connectivity index (χ3n) is 11.2. The van der Waals surface area contributed by atoms with E-state index in [1.165, 1.54) is 26.5 Å². The normalized spacial score (nSPS) is 11.8. The van der Waals surface area contributed by atoms with Gasteiger partial charge in [0.25, 0.3) is 0 Å². The number of hydrogen-bond donors (Lipinski definition) is 0. The minimum absolute atomic E-state index is 0. The predicted molar refractivity (Wildman–Crippen MR) is 253 cm³/mol. The molecule has 61 heavy (non-hydrogen) atoms. The van der Waals surface area contributed by atoms with Gasteiger partial charge >= 0.3 is 113 Å². The van der Waals surface area contributed by atoms with Crippen LogP contribution in [0, 0.1) is 12.1 Å². The molecule has 5 nitrogen and oxygen atoms in total. The first kappa shape index (κ1) is 42.1. The SMILES string of the molecule is CC(C)(C)c1ccc2c(n1)oc1c(-c3nc4ccc5ccccc5c4n3-c3ccc(-c4ccccc4)cc3)[c-]ccc12.CCc1cc(-c2[c-]cccc2)nc[c]1[Ge]([CH3])([CH3])[CH3].[Ir]. The van der Waals surface area contributed by atoms with Crippen molar-refractivity contribution in [3.8, 4) is 39.5 Å². The molecule has 0 aliphatic carbocycles. The summed E-state index contributed by atoms with van der Waals surface area (Å²) in [5.74, 6) is 8.05. The van der Waals surface area contributed by atoms with Gasteiger partial charge < -0.3 is 8.98 Å². The number of aromatic nitrogens is 4. The minimum atomic E-state index is -1.80. The smallest absolute Gasteiger partial charge is 0 e. The van der Waals surface area contributed by atoms with Gasteiger partial charge in [-0.3, -0.25) is 4.98 Å². The van der Waals surface area contributed by atoms with Crippen molar-refractivity contribution in [1.29, 1.82) is 0 Å². The number of aryl methyl sites for hydroxylation is 1. The van der Waals surface area contributed by atoms with E-state index in [0.29, 0.717) is 5.71 Å².